The van der Waals surface area contributed by atoms with Crippen molar-refractivity contribution in [2.45, 2.75) is 30.7 Å². The average molecular weight is 301 g/mol. The quantitative estimate of drug-likeness (QED) is 0.922. The van der Waals surface area contributed by atoms with Crippen molar-refractivity contribution in [2.75, 3.05) is 6.54 Å². The Kier molecular flexibility index (Phi) is 4.10. The summed E-state index contributed by atoms with van der Waals surface area (Å²) in [5.74, 6) is -2.37. The van der Waals surface area contributed by atoms with E-state index >= 15 is 0 Å². The molecule has 0 amide bonds. The predicted octanol–water partition coefficient (Wildman–Crippen LogP) is 1.70. The summed E-state index contributed by atoms with van der Waals surface area (Å²) in [5, 5.41) is 9.26. The SMILES string of the molecule is CC1CCCN(S(=O)(=O)c2ccccc2F)C1C(=O)O. The van der Waals surface area contributed by atoms with Crippen molar-refractivity contribution in [3.8, 4) is 0 Å². The number of hydrogen-bond donors (Lipinski definition) is 1. The molecule has 1 saturated heterocycles. The van der Waals surface area contributed by atoms with Crippen LogP contribution >= 0.6 is 0 Å². The van der Waals surface area contributed by atoms with Gasteiger partial charge in [0.2, 0.25) is 10.0 Å². The Bertz CT molecular complexity index is 617. The highest BCUT2D eigenvalue weighted by Crippen LogP contribution is 2.30. The van der Waals surface area contributed by atoms with Crippen molar-refractivity contribution in [3.63, 3.8) is 0 Å². The molecule has 2 atom stereocenters. The topological polar surface area (TPSA) is 74.7 Å². The first kappa shape index (κ1) is 14.9. The summed E-state index contributed by atoms with van der Waals surface area (Å²) in [6, 6.07) is 3.87. The van der Waals surface area contributed by atoms with Crippen LogP contribution in [0.5, 0.6) is 0 Å². The molecule has 1 aromatic rings. The molecule has 0 aromatic heterocycles. The molecule has 0 bridgehead atoms. The molecule has 0 aliphatic carbocycles. The summed E-state index contributed by atoms with van der Waals surface area (Å²) >= 11 is 0. The van der Waals surface area contributed by atoms with E-state index in [1.54, 1.807) is 6.92 Å². The third-order valence-corrected chi connectivity index (χ3v) is 5.48. The van der Waals surface area contributed by atoms with Gasteiger partial charge in [-0.1, -0.05) is 19.1 Å². The van der Waals surface area contributed by atoms with Crippen LogP contribution in [0, 0.1) is 11.7 Å². The zero-order chi connectivity index (χ0) is 14.9. The van der Waals surface area contributed by atoms with Crippen LogP contribution in [-0.4, -0.2) is 36.4 Å². The van der Waals surface area contributed by atoms with Crippen molar-refractivity contribution in [1.82, 2.24) is 4.31 Å². The maximum absolute atomic E-state index is 13.7. The van der Waals surface area contributed by atoms with Gasteiger partial charge in [0, 0.05) is 6.54 Å². The molecule has 110 valence electrons. The van der Waals surface area contributed by atoms with E-state index in [1.165, 1.54) is 12.1 Å². The van der Waals surface area contributed by atoms with Gasteiger partial charge in [0.1, 0.15) is 16.8 Å². The van der Waals surface area contributed by atoms with Gasteiger partial charge < -0.3 is 5.11 Å². The summed E-state index contributed by atoms with van der Waals surface area (Å²) in [5.41, 5.74) is 0. The van der Waals surface area contributed by atoms with Gasteiger partial charge in [-0.3, -0.25) is 4.79 Å². The van der Waals surface area contributed by atoms with Crippen molar-refractivity contribution in [1.29, 1.82) is 0 Å². The fourth-order valence-electron chi connectivity index (χ4n) is 2.57. The molecule has 2 rings (SSSR count). The number of carbonyl (C=O) groups is 1. The number of sulfonamides is 1. The fourth-order valence-corrected chi connectivity index (χ4v) is 4.35. The Morgan fingerprint density at radius 3 is 2.65 bits per heavy atom. The molecule has 5 nitrogen and oxygen atoms in total. The number of aliphatic carboxylic acids is 1. The highest BCUT2D eigenvalue weighted by Gasteiger charge is 2.42. The molecule has 1 fully saturated rings. The summed E-state index contributed by atoms with van der Waals surface area (Å²) in [7, 11) is -4.14. The number of carboxylic acids is 1. The number of rotatable bonds is 3. The molecule has 1 aliphatic heterocycles. The molecule has 1 heterocycles. The fraction of sp³-hybridized carbons (Fsp3) is 0.462. The van der Waals surface area contributed by atoms with Gasteiger partial charge in [-0.05, 0) is 30.9 Å². The van der Waals surface area contributed by atoms with Crippen LogP contribution in [0.1, 0.15) is 19.8 Å². The monoisotopic (exact) mass is 301 g/mol. The summed E-state index contributed by atoms with van der Waals surface area (Å²) in [6.07, 6.45) is 1.21. The first-order valence-corrected chi connectivity index (χ1v) is 7.79. The number of benzene rings is 1. The second-order valence-electron chi connectivity index (χ2n) is 4.95. The second kappa shape index (κ2) is 5.49. The van der Waals surface area contributed by atoms with Crippen LogP contribution in [0.2, 0.25) is 0 Å². The lowest BCUT2D eigenvalue weighted by molar-refractivity contribution is -0.144. The minimum absolute atomic E-state index is 0.0952. The average Bonchev–Trinajstić information content (AvgIpc) is 2.38. The standard InChI is InChI=1S/C13H16FNO4S/c1-9-5-4-8-15(12(9)13(16)17)20(18,19)11-7-3-2-6-10(11)14/h2-3,6-7,9,12H,4-5,8H2,1H3,(H,16,17). The van der Waals surface area contributed by atoms with E-state index in [-0.39, 0.29) is 12.5 Å². The number of piperidine rings is 1. The number of hydrogen-bond acceptors (Lipinski definition) is 3. The van der Waals surface area contributed by atoms with Crippen LogP contribution in [0.15, 0.2) is 29.2 Å². The maximum Gasteiger partial charge on any atom is 0.322 e. The van der Waals surface area contributed by atoms with Gasteiger partial charge in [0.15, 0.2) is 0 Å². The molecular formula is C13H16FNO4S. The molecule has 0 spiro atoms. The van der Waals surface area contributed by atoms with E-state index in [2.05, 4.69) is 0 Å². The van der Waals surface area contributed by atoms with Crippen LogP contribution in [0.25, 0.3) is 0 Å². The first-order chi connectivity index (χ1) is 9.35. The molecular weight excluding hydrogens is 285 g/mol. The molecule has 20 heavy (non-hydrogen) atoms. The summed E-state index contributed by atoms with van der Waals surface area (Å²) < 4.78 is 39.6. The minimum Gasteiger partial charge on any atom is -0.480 e. The molecule has 0 saturated carbocycles. The van der Waals surface area contributed by atoms with E-state index in [0.29, 0.717) is 12.8 Å². The Morgan fingerprint density at radius 1 is 1.40 bits per heavy atom. The second-order valence-corrected chi connectivity index (χ2v) is 6.81. The van der Waals surface area contributed by atoms with E-state index in [9.17, 15) is 22.7 Å². The molecule has 2 unspecified atom stereocenters. The van der Waals surface area contributed by atoms with Crippen molar-refractivity contribution < 1.29 is 22.7 Å². The third-order valence-electron chi connectivity index (χ3n) is 3.56. The molecule has 1 aliphatic rings. The van der Waals surface area contributed by atoms with E-state index < -0.39 is 32.7 Å². The van der Waals surface area contributed by atoms with Gasteiger partial charge in [-0.25, -0.2) is 12.8 Å². The van der Waals surface area contributed by atoms with Crippen LogP contribution < -0.4 is 0 Å². The van der Waals surface area contributed by atoms with Gasteiger partial charge in [0.05, 0.1) is 0 Å². The number of carboxylic acid groups (broad SMARTS) is 1. The summed E-state index contributed by atoms with van der Waals surface area (Å²) in [4.78, 5) is 10.9. The van der Waals surface area contributed by atoms with E-state index in [4.69, 9.17) is 0 Å². The van der Waals surface area contributed by atoms with Crippen LogP contribution in [0.3, 0.4) is 0 Å². The third kappa shape index (κ3) is 2.55. The molecule has 0 radical (unpaired) electrons. The molecule has 1 N–H and O–H groups in total. The Hall–Kier alpha value is -1.47. The molecule has 7 heteroatoms. The smallest absolute Gasteiger partial charge is 0.322 e. The lowest BCUT2D eigenvalue weighted by Crippen LogP contribution is -2.51. The molecule has 1 aromatic carbocycles. The van der Waals surface area contributed by atoms with Crippen LogP contribution in [0.4, 0.5) is 4.39 Å². The van der Waals surface area contributed by atoms with E-state index in [1.807, 2.05) is 0 Å². The highest BCUT2D eigenvalue weighted by atomic mass is 32.2. The van der Waals surface area contributed by atoms with Gasteiger partial charge in [-0.2, -0.15) is 4.31 Å². The van der Waals surface area contributed by atoms with Crippen molar-refractivity contribution in [2.24, 2.45) is 5.92 Å². The van der Waals surface area contributed by atoms with Gasteiger partial charge in [0.25, 0.3) is 0 Å². The summed E-state index contributed by atoms with van der Waals surface area (Å²) in [6.45, 7) is 1.79. The Morgan fingerprint density at radius 2 is 2.05 bits per heavy atom. The lowest BCUT2D eigenvalue weighted by Gasteiger charge is -2.36. The van der Waals surface area contributed by atoms with Gasteiger partial charge >= 0.3 is 5.97 Å². The first-order valence-electron chi connectivity index (χ1n) is 6.35. The Balaban J connectivity index is 2.47. The normalized spacial score (nSPS) is 24.5. The van der Waals surface area contributed by atoms with E-state index in [0.717, 1.165) is 16.4 Å². The maximum atomic E-state index is 13.7. The van der Waals surface area contributed by atoms with Gasteiger partial charge in [-0.15, -0.1) is 0 Å². The number of halogens is 1. The highest BCUT2D eigenvalue weighted by molar-refractivity contribution is 7.89. The lowest BCUT2D eigenvalue weighted by atomic mass is 9.93. The van der Waals surface area contributed by atoms with Crippen LogP contribution in [-0.2, 0) is 14.8 Å². The van der Waals surface area contributed by atoms with Crippen molar-refractivity contribution in [3.05, 3.63) is 30.1 Å². The largest absolute Gasteiger partial charge is 0.480 e. The predicted molar refractivity (Wildman–Crippen MR) is 70.1 cm³/mol. The zero-order valence-electron chi connectivity index (χ0n) is 11.0. The van der Waals surface area contributed by atoms with Crippen molar-refractivity contribution >= 4 is 16.0 Å². The number of nitrogens with zero attached hydrogens (tertiary/aromatic N) is 1. The minimum atomic E-state index is -4.14. The zero-order valence-corrected chi connectivity index (χ0v) is 11.8. The Labute approximate surface area is 117 Å².